The Hall–Kier alpha value is -1.29. The second kappa shape index (κ2) is 6.65. The summed E-state index contributed by atoms with van der Waals surface area (Å²) in [5, 5.41) is 4.80. The van der Waals surface area contributed by atoms with Crippen molar-refractivity contribution in [1.29, 1.82) is 0 Å². The first-order valence-corrected chi connectivity index (χ1v) is 9.04. The molecule has 1 heterocycles. The molecule has 3 rings (SSSR count). The molecule has 21 heavy (non-hydrogen) atoms. The molecule has 3 nitrogen and oxygen atoms in total. The van der Waals surface area contributed by atoms with Crippen molar-refractivity contribution in [2.45, 2.75) is 45.6 Å². The molecule has 4 heteroatoms. The molecule has 0 spiro atoms. The number of benzene rings is 1. The Morgan fingerprint density at radius 3 is 2.76 bits per heavy atom. The number of aryl methyl sites for hydroxylation is 2. The maximum Gasteiger partial charge on any atom is 0.181 e. The van der Waals surface area contributed by atoms with E-state index in [1.165, 1.54) is 42.0 Å². The third-order valence-corrected chi connectivity index (χ3v) is 4.99. The summed E-state index contributed by atoms with van der Waals surface area (Å²) in [6, 6.07) is 8.98. The lowest BCUT2D eigenvalue weighted by atomic mass is 10.1. The highest BCUT2D eigenvalue weighted by atomic mass is 32.2. The second-order valence-corrected chi connectivity index (χ2v) is 6.93. The lowest BCUT2D eigenvalue weighted by Gasteiger charge is -2.03. The minimum atomic E-state index is 0.599. The summed E-state index contributed by atoms with van der Waals surface area (Å²) < 4.78 is 2.19. The fourth-order valence-electron chi connectivity index (χ4n) is 2.49. The van der Waals surface area contributed by atoms with Crippen LogP contribution in [0.1, 0.15) is 43.6 Å². The van der Waals surface area contributed by atoms with Crippen molar-refractivity contribution in [2.75, 3.05) is 11.5 Å². The van der Waals surface area contributed by atoms with Gasteiger partial charge >= 0.3 is 0 Å². The van der Waals surface area contributed by atoms with E-state index in [2.05, 4.69) is 42.8 Å². The highest BCUT2D eigenvalue weighted by Crippen LogP contribution is 2.36. The Kier molecular flexibility index (Phi) is 4.63. The molecule has 112 valence electrons. The van der Waals surface area contributed by atoms with Gasteiger partial charge in [0.15, 0.2) is 5.82 Å². The van der Waals surface area contributed by atoms with E-state index in [1.54, 1.807) is 0 Å². The highest BCUT2D eigenvalue weighted by molar-refractivity contribution is 7.99. The van der Waals surface area contributed by atoms with Gasteiger partial charge in [0.05, 0.1) is 6.04 Å². The van der Waals surface area contributed by atoms with Gasteiger partial charge in [0, 0.05) is 17.7 Å². The molecule has 0 N–H and O–H groups in total. The number of nitrogens with zero attached hydrogens (tertiary/aromatic N) is 3. The third-order valence-electron chi connectivity index (χ3n) is 3.80. The highest BCUT2D eigenvalue weighted by Gasteiger charge is 2.28. The zero-order valence-corrected chi connectivity index (χ0v) is 13.7. The summed E-state index contributed by atoms with van der Waals surface area (Å²) in [5.41, 5.74) is 2.41. The van der Waals surface area contributed by atoms with Crippen LogP contribution in [0.25, 0.3) is 11.4 Å². The summed E-state index contributed by atoms with van der Waals surface area (Å²) in [4.78, 5) is 4.84. The summed E-state index contributed by atoms with van der Waals surface area (Å²) in [7, 11) is 0. The van der Waals surface area contributed by atoms with Crippen LogP contribution in [-0.2, 0) is 6.42 Å². The van der Waals surface area contributed by atoms with Gasteiger partial charge in [-0.25, -0.2) is 9.67 Å². The molecule has 1 fully saturated rings. The molecule has 1 aromatic heterocycles. The fourth-order valence-corrected chi connectivity index (χ4v) is 3.31. The number of thioether (sulfide) groups is 1. The van der Waals surface area contributed by atoms with E-state index in [9.17, 15) is 0 Å². The Bertz CT molecular complexity index is 602. The van der Waals surface area contributed by atoms with Crippen molar-refractivity contribution in [3.05, 3.63) is 35.7 Å². The SMILES string of the molecule is CCCSCCc1nc(-c2ccccc2C)nn1C1CC1. The average Bonchev–Trinajstić information content (AvgIpc) is 3.25. The maximum absolute atomic E-state index is 4.84. The Morgan fingerprint density at radius 2 is 2.05 bits per heavy atom. The van der Waals surface area contributed by atoms with Gasteiger partial charge in [-0.15, -0.1) is 0 Å². The topological polar surface area (TPSA) is 30.7 Å². The van der Waals surface area contributed by atoms with Crippen LogP contribution in [0.4, 0.5) is 0 Å². The molecule has 1 saturated carbocycles. The molecule has 0 bridgehead atoms. The van der Waals surface area contributed by atoms with Gasteiger partial charge in [0.2, 0.25) is 0 Å². The van der Waals surface area contributed by atoms with Crippen molar-refractivity contribution in [3.8, 4) is 11.4 Å². The van der Waals surface area contributed by atoms with Gasteiger partial charge in [-0.1, -0.05) is 31.2 Å². The summed E-state index contributed by atoms with van der Waals surface area (Å²) in [6.45, 7) is 4.36. The van der Waals surface area contributed by atoms with E-state index in [-0.39, 0.29) is 0 Å². The predicted molar refractivity (Wildman–Crippen MR) is 89.8 cm³/mol. The Labute approximate surface area is 131 Å². The first-order valence-electron chi connectivity index (χ1n) is 7.88. The normalized spacial score (nSPS) is 14.6. The zero-order valence-electron chi connectivity index (χ0n) is 12.9. The van der Waals surface area contributed by atoms with Crippen molar-refractivity contribution < 1.29 is 0 Å². The van der Waals surface area contributed by atoms with Gasteiger partial charge in [0.1, 0.15) is 5.82 Å². The molecule has 0 radical (unpaired) electrons. The molecule has 1 aliphatic rings. The van der Waals surface area contributed by atoms with E-state index in [0.29, 0.717) is 6.04 Å². The molecule has 0 amide bonds. The molecule has 0 aliphatic heterocycles. The number of rotatable bonds is 7. The predicted octanol–water partition coefficient (Wildman–Crippen LogP) is 4.27. The average molecular weight is 301 g/mol. The quantitative estimate of drug-likeness (QED) is 0.715. The summed E-state index contributed by atoms with van der Waals surface area (Å²) in [6.07, 6.45) is 4.78. The van der Waals surface area contributed by atoms with Crippen LogP contribution in [0.3, 0.4) is 0 Å². The van der Waals surface area contributed by atoms with Crippen LogP contribution in [0.15, 0.2) is 24.3 Å². The molecular weight excluding hydrogens is 278 g/mol. The van der Waals surface area contributed by atoms with Crippen molar-refractivity contribution >= 4 is 11.8 Å². The molecular formula is C17H23N3S. The summed E-state index contributed by atoms with van der Waals surface area (Å²) in [5.74, 6) is 4.45. The van der Waals surface area contributed by atoms with E-state index in [1.807, 2.05) is 11.8 Å². The standard InChI is InChI=1S/C17H23N3S/c1-3-11-21-12-10-16-18-17(19-20(16)14-8-9-14)15-7-5-4-6-13(15)2/h4-7,14H,3,8-12H2,1-2H3. The molecule has 1 aromatic carbocycles. The van der Waals surface area contributed by atoms with Gasteiger partial charge in [-0.3, -0.25) is 0 Å². The number of hydrogen-bond acceptors (Lipinski definition) is 3. The van der Waals surface area contributed by atoms with Crippen LogP contribution in [-0.4, -0.2) is 26.3 Å². The lowest BCUT2D eigenvalue weighted by Crippen LogP contribution is -2.04. The van der Waals surface area contributed by atoms with Crippen LogP contribution in [0, 0.1) is 6.92 Å². The third kappa shape index (κ3) is 3.49. The lowest BCUT2D eigenvalue weighted by molar-refractivity contribution is 0.606. The van der Waals surface area contributed by atoms with E-state index in [4.69, 9.17) is 10.1 Å². The smallest absolute Gasteiger partial charge is 0.181 e. The molecule has 0 unspecified atom stereocenters. The maximum atomic E-state index is 4.84. The summed E-state index contributed by atoms with van der Waals surface area (Å²) >= 11 is 2.02. The van der Waals surface area contributed by atoms with Crippen LogP contribution < -0.4 is 0 Å². The fraction of sp³-hybridized carbons (Fsp3) is 0.529. The first-order chi connectivity index (χ1) is 10.3. The van der Waals surface area contributed by atoms with Gasteiger partial charge in [0.25, 0.3) is 0 Å². The van der Waals surface area contributed by atoms with Gasteiger partial charge in [-0.2, -0.15) is 16.9 Å². The van der Waals surface area contributed by atoms with E-state index >= 15 is 0 Å². The minimum Gasteiger partial charge on any atom is -0.246 e. The largest absolute Gasteiger partial charge is 0.246 e. The molecule has 2 aromatic rings. The van der Waals surface area contributed by atoms with Crippen LogP contribution >= 0.6 is 11.8 Å². The van der Waals surface area contributed by atoms with Crippen molar-refractivity contribution in [3.63, 3.8) is 0 Å². The van der Waals surface area contributed by atoms with E-state index < -0.39 is 0 Å². The van der Waals surface area contributed by atoms with Crippen molar-refractivity contribution in [2.24, 2.45) is 0 Å². The second-order valence-electron chi connectivity index (χ2n) is 5.70. The van der Waals surface area contributed by atoms with Crippen LogP contribution in [0.5, 0.6) is 0 Å². The first kappa shape index (κ1) is 14.6. The molecule has 1 aliphatic carbocycles. The zero-order chi connectivity index (χ0) is 14.7. The Morgan fingerprint density at radius 1 is 1.24 bits per heavy atom. The van der Waals surface area contributed by atoms with E-state index in [0.717, 1.165) is 18.0 Å². The number of aromatic nitrogens is 3. The monoisotopic (exact) mass is 301 g/mol. The van der Waals surface area contributed by atoms with Crippen molar-refractivity contribution in [1.82, 2.24) is 14.8 Å². The molecule has 0 saturated heterocycles. The van der Waals surface area contributed by atoms with Gasteiger partial charge < -0.3 is 0 Å². The van der Waals surface area contributed by atoms with Gasteiger partial charge in [-0.05, 0) is 37.5 Å². The van der Waals surface area contributed by atoms with Crippen LogP contribution in [0.2, 0.25) is 0 Å². The Balaban J connectivity index is 1.81. The minimum absolute atomic E-state index is 0.599. The number of hydrogen-bond donors (Lipinski definition) is 0. The molecule has 0 atom stereocenters.